The van der Waals surface area contributed by atoms with Crippen LogP contribution in [-0.2, 0) is 0 Å². The predicted molar refractivity (Wildman–Crippen MR) is 43.1 cm³/mol. The van der Waals surface area contributed by atoms with Crippen LogP contribution in [0, 0.1) is 5.92 Å². The van der Waals surface area contributed by atoms with Gasteiger partial charge in [0.15, 0.2) is 0 Å². The molecule has 0 heterocycles. The molecule has 0 rings (SSSR count). The van der Waals surface area contributed by atoms with Crippen molar-refractivity contribution >= 4 is 5.71 Å². The Balaban J connectivity index is 3.84. The average molecular weight is 127 g/mol. The Hall–Kier alpha value is -0.330. The molecule has 0 bridgehead atoms. The third-order valence-corrected chi connectivity index (χ3v) is 1.30. The van der Waals surface area contributed by atoms with E-state index in [0.29, 0.717) is 12.0 Å². The minimum Gasteiger partial charge on any atom is -0.291 e. The fraction of sp³-hybridized carbons (Fsp3) is 0.875. The molecule has 9 heavy (non-hydrogen) atoms. The highest BCUT2D eigenvalue weighted by molar-refractivity contribution is 5.83. The second-order valence-corrected chi connectivity index (χ2v) is 3.02. The van der Waals surface area contributed by atoms with E-state index in [-0.39, 0.29) is 0 Å². The lowest BCUT2D eigenvalue weighted by atomic mass is 10.1. The molecule has 0 aromatic heterocycles. The van der Waals surface area contributed by atoms with Crippen molar-refractivity contribution in [2.45, 2.75) is 40.7 Å². The highest BCUT2D eigenvalue weighted by atomic mass is 14.8. The van der Waals surface area contributed by atoms with Crippen molar-refractivity contribution in [2.75, 3.05) is 0 Å². The van der Waals surface area contributed by atoms with Crippen LogP contribution in [0.5, 0.6) is 0 Å². The lowest BCUT2D eigenvalue weighted by Gasteiger charge is -2.05. The maximum absolute atomic E-state index is 4.39. The van der Waals surface area contributed by atoms with E-state index < -0.39 is 0 Å². The standard InChI is InChI=1S/C8H17N/c1-6(2)8(5)9-7(3)4/h6-7H,1-5H3/b9-8-. The van der Waals surface area contributed by atoms with Crippen LogP contribution < -0.4 is 0 Å². The number of hydrogen-bond acceptors (Lipinski definition) is 1. The molecule has 0 unspecified atom stereocenters. The summed E-state index contributed by atoms with van der Waals surface area (Å²) in [5.74, 6) is 0.604. The Labute approximate surface area is 58.2 Å². The lowest BCUT2D eigenvalue weighted by Crippen LogP contribution is -2.05. The zero-order chi connectivity index (χ0) is 7.44. The Morgan fingerprint density at radius 3 is 1.67 bits per heavy atom. The summed E-state index contributed by atoms with van der Waals surface area (Å²) in [6.45, 7) is 10.6. The van der Waals surface area contributed by atoms with E-state index in [1.807, 2.05) is 0 Å². The number of nitrogens with zero attached hydrogens (tertiary/aromatic N) is 1. The van der Waals surface area contributed by atoms with Crippen LogP contribution in [-0.4, -0.2) is 11.8 Å². The summed E-state index contributed by atoms with van der Waals surface area (Å²) in [6, 6.07) is 0.451. The molecule has 0 aromatic rings. The lowest BCUT2D eigenvalue weighted by molar-refractivity contribution is 0.794. The molecule has 54 valence electrons. The van der Waals surface area contributed by atoms with E-state index in [2.05, 4.69) is 39.6 Å². The molecule has 0 saturated heterocycles. The number of hydrogen-bond donors (Lipinski definition) is 0. The van der Waals surface area contributed by atoms with Crippen LogP contribution in [0.15, 0.2) is 4.99 Å². The summed E-state index contributed by atoms with van der Waals surface area (Å²) < 4.78 is 0. The van der Waals surface area contributed by atoms with Crippen LogP contribution in [0.25, 0.3) is 0 Å². The van der Waals surface area contributed by atoms with Crippen molar-refractivity contribution < 1.29 is 0 Å². The maximum atomic E-state index is 4.39. The Morgan fingerprint density at radius 2 is 1.56 bits per heavy atom. The van der Waals surface area contributed by atoms with Gasteiger partial charge in [-0.15, -0.1) is 0 Å². The van der Waals surface area contributed by atoms with E-state index in [0.717, 1.165) is 0 Å². The van der Waals surface area contributed by atoms with Crippen LogP contribution >= 0.6 is 0 Å². The van der Waals surface area contributed by atoms with Gasteiger partial charge in [0.1, 0.15) is 0 Å². The van der Waals surface area contributed by atoms with E-state index in [4.69, 9.17) is 0 Å². The molecular formula is C8H17N. The summed E-state index contributed by atoms with van der Waals surface area (Å²) in [4.78, 5) is 4.39. The van der Waals surface area contributed by atoms with Gasteiger partial charge in [-0.25, -0.2) is 0 Å². The first-order chi connectivity index (χ1) is 4.04. The van der Waals surface area contributed by atoms with Gasteiger partial charge in [-0.2, -0.15) is 0 Å². The summed E-state index contributed by atoms with van der Waals surface area (Å²) >= 11 is 0. The van der Waals surface area contributed by atoms with Crippen molar-refractivity contribution in [2.24, 2.45) is 10.9 Å². The third kappa shape index (κ3) is 4.19. The van der Waals surface area contributed by atoms with Gasteiger partial charge in [-0.1, -0.05) is 13.8 Å². The second-order valence-electron chi connectivity index (χ2n) is 3.02. The summed E-state index contributed by atoms with van der Waals surface area (Å²) in [5.41, 5.74) is 1.25. The zero-order valence-corrected chi connectivity index (χ0v) is 7.10. The number of rotatable bonds is 2. The highest BCUT2D eigenvalue weighted by Crippen LogP contribution is 1.98. The van der Waals surface area contributed by atoms with Gasteiger partial charge in [0.05, 0.1) is 0 Å². The van der Waals surface area contributed by atoms with Gasteiger partial charge in [-0.3, -0.25) is 4.99 Å². The zero-order valence-electron chi connectivity index (χ0n) is 7.10. The van der Waals surface area contributed by atoms with Gasteiger partial charge < -0.3 is 0 Å². The predicted octanol–water partition coefficient (Wildman–Crippen LogP) is 2.51. The largest absolute Gasteiger partial charge is 0.291 e. The van der Waals surface area contributed by atoms with Gasteiger partial charge in [0.2, 0.25) is 0 Å². The van der Waals surface area contributed by atoms with Gasteiger partial charge >= 0.3 is 0 Å². The van der Waals surface area contributed by atoms with Crippen LogP contribution in [0.2, 0.25) is 0 Å². The Kier molecular flexibility index (Phi) is 3.52. The van der Waals surface area contributed by atoms with Crippen LogP contribution in [0.1, 0.15) is 34.6 Å². The molecule has 0 atom stereocenters. The van der Waals surface area contributed by atoms with Crippen LogP contribution in [0.4, 0.5) is 0 Å². The fourth-order valence-corrected chi connectivity index (χ4v) is 0.556. The normalized spacial score (nSPS) is 13.4. The smallest absolute Gasteiger partial charge is 0.0442 e. The SMILES string of the molecule is C/C(=N/C(C)C)C(C)C. The molecule has 0 amide bonds. The van der Waals surface area contributed by atoms with Crippen molar-refractivity contribution in [1.29, 1.82) is 0 Å². The molecule has 0 aliphatic heterocycles. The van der Waals surface area contributed by atoms with E-state index in [9.17, 15) is 0 Å². The molecule has 0 spiro atoms. The highest BCUT2D eigenvalue weighted by Gasteiger charge is 1.97. The summed E-state index contributed by atoms with van der Waals surface area (Å²) in [7, 11) is 0. The second kappa shape index (κ2) is 3.65. The van der Waals surface area contributed by atoms with E-state index in [1.165, 1.54) is 5.71 Å². The molecule has 0 aliphatic rings. The molecule has 0 N–H and O–H groups in total. The van der Waals surface area contributed by atoms with Gasteiger partial charge in [0.25, 0.3) is 0 Å². The quantitative estimate of drug-likeness (QED) is 0.505. The first kappa shape index (κ1) is 8.67. The monoisotopic (exact) mass is 127 g/mol. The first-order valence-electron chi connectivity index (χ1n) is 3.58. The Morgan fingerprint density at radius 1 is 1.11 bits per heavy atom. The first-order valence-corrected chi connectivity index (χ1v) is 3.58. The number of aliphatic imine (C=N–C) groups is 1. The van der Waals surface area contributed by atoms with Crippen molar-refractivity contribution in [3.05, 3.63) is 0 Å². The average Bonchev–Trinajstić information content (AvgIpc) is 1.63. The maximum Gasteiger partial charge on any atom is 0.0442 e. The van der Waals surface area contributed by atoms with Crippen LogP contribution in [0.3, 0.4) is 0 Å². The van der Waals surface area contributed by atoms with Gasteiger partial charge in [-0.05, 0) is 26.7 Å². The molecule has 1 heteroatoms. The minimum atomic E-state index is 0.451. The van der Waals surface area contributed by atoms with Crippen molar-refractivity contribution in [1.82, 2.24) is 0 Å². The summed E-state index contributed by atoms with van der Waals surface area (Å²) in [6.07, 6.45) is 0. The molecule has 0 aromatic carbocycles. The van der Waals surface area contributed by atoms with Crippen molar-refractivity contribution in [3.63, 3.8) is 0 Å². The molecule has 1 nitrogen and oxygen atoms in total. The molecule has 0 radical (unpaired) electrons. The molecular weight excluding hydrogens is 110 g/mol. The molecule has 0 saturated carbocycles. The Bertz CT molecular complexity index is 101. The summed E-state index contributed by atoms with van der Waals surface area (Å²) in [5, 5.41) is 0. The molecule has 0 fully saturated rings. The van der Waals surface area contributed by atoms with Gasteiger partial charge in [0, 0.05) is 11.8 Å². The third-order valence-electron chi connectivity index (χ3n) is 1.30. The fourth-order valence-electron chi connectivity index (χ4n) is 0.556. The molecule has 0 aliphatic carbocycles. The van der Waals surface area contributed by atoms with E-state index >= 15 is 0 Å². The van der Waals surface area contributed by atoms with E-state index in [1.54, 1.807) is 0 Å². The topological polar surface area (TPSA) is 12.4 Å². The minimum absolute atomic E-state index is 0.451. The van der Waals surface area contributed by atoms with Crippen molar-refractivity contribution in [3.8, 4) is 0 Å².